The van der Waals surface area contributed by atoms with Gasteiger partial charge in [0.05, 0.1) is 12.1 Å². The average Bonchev–Trinajstić information content (AvgIpc) is 3.01. The zero-order valence-electron chi connectivity index (χ0n) is 12.6. The number of ketones is 1. The van der Waals surface area contributed by atoms with Crippen LogP contribution in [0, 0.1) is 0 Å². The minimum Gasteiger partial charge on any atom is -0.376 e. The molecule has 2 atom stereocenters. The van der Waals surface area contributed by atoms with Gasteiger partial charge < -0.3 is 15.0 Å². The van der Waals surface area contributed by atoms with Crippen LogP contribution in [0.1, 0.15) is 59.0 Å². The van der Waals surface area contributed by atoms with Crippen molar-refractivity contribution in [3.8, 4) is 0 Å². The fourth-order valence-corrected chi connectivity index (χ4v) is 3.12. The van der Waals surface area contributed by atoms with E-state index in [1.165, 1.54) is 6.07 Å². The molecule has 2 N–H and O–H groups in total. The lowest BCUT2D eigenvalue weighted by Crippen LogP contribution is -2.42. The van der Waals surface area contributed by atoms with E-state index in [0.717, 1.165) is 19.3 Å². The van der Waals surface area contributed by atoms with Crippen molar-refractivity contribution < 1.29 is 14.3 Å². The van der Waals surface area contributed by atoms with Gasteiger partial charge >= 0.3 is 0 Å². The number of pyridine rings is 1. The molecule has 1 aromatic rings. The zero-order valence-corrected chi connectivity index (χ0v) is 12.6. The molecule has 2 heterocycles. The lowest BCUT2D eigenvalue weighted by molar-refractivity contribution is 0.0711. The highest BCUT2D eigenvalue weighted by atomic mass is 16.5. The SMILES string of the molecule is C[C@H](NC(=O)c1cc2c([nH]c1=O)CCCC2=O)[C@H]1CCCO1. The maximum absolute atomic E-state index is 12.3. The molecule has 118 valence electrons. The number of rotatable bonds is 3. The molecule has 6 nitrogen and oxygen atoms in total. The molecule has 0 unspecified atom stereocenters. The van der Waals surface area contributed by atoms with Crippen LogP contribution in [-0.2, 0) is 11.2 Å². The van der Waals surface area contributed by atoms with Crippen LogP contribution >= 0.6 is 0 Å². The Morgan fingerprint density at radius 1 is 1.36 bits per heavy atom. The van der Waals surface area contributed by atoms with Crippen molar-refractivity contribution >= 4 is 11.7 Å². The molecule has 2 aliphatic rings. The van der Waals surface area contributed by atoms with Crippen LogP contribution < -0.4 is 10.9 Å². The molecular formula is C16H20N2O4. The molecule has 0 bridgehead atoms. The Morgan fingerprint density at radius 2 is 2.18 bits per heavy atom. The number of nitrogens with one attached hydrogen (secondary N) is 2. The Kier molecular flexibility index (Phi) is 4.11. The Labute approximate surface area is 128 Å². The van der Waals surface area contributed by atoms with Crippen LogP contribution in [0.5, 0.6) is 0 Å². The van der Waals surface area contributed by atoms with Crippen molar-refractivity contribution in [2.45, 2.75) is 51.2 Å². The Bertz CT molecular complexity index is 659. The first kappa shape index (κ1) is 15.0. The highest BCUT2D eigenvalue weighted by Crippen LogP contribution is 2.19. The first-order chi connectivity index (χ1) is 10.6. The molecule has 0 spiro atoms. The van der Waals surface area contributed by atoms with E-state index < -0.39 is 11.5 Å². The molecule has 0 radical (unpaired) electrons. The van der Waals surface area contributed by atoms with E-state index >= 15 is 0 Å². The minimum atomic E-state index is -0.453. The van der Waals surface area contributed by atoms with Crippen molar-refractivity contribution in [3.63, 3.8) is 0 Å². The molecule has 1 saturated heterocycles. The van der Waals surface area contributed by atoms with E-state index in [0.29, 0.717) is 30.7 Å². The molecule has 1 amide bonds. The van der Waals surface area contributed by atoms with E-state index in [4.69, 9.17) is 4.74 Å². The Hall–Kier alpha value is -1.95. The van der Waals surface area contributed by atoms with Gasteiger partial charge in [-0.05, 0) is 38.7 Å². The lowest BCUT2D eigenvalue weighted by atomic mass is 9.93. The van der Waals surface area contributed by atoms with E-state index in [9.17, 15) is 14.4 Å². The molecule has 6 heteroatoms. The van der Waals surface area contributed by atoms with E-state index in [-0.39, 0.29) is 23.5 Å². The van der Waals surface area contributed by atoms with Gasteiger partial charge in [-0.1, -0.05) is 0 Å². The number of aromatic amines is 1. The predicted molar refractivity (Wildman–Crippen MR) is 80.2 cm³/mol. The summed E-state index contributed by atoms with van der Waals surface area (Å²) in [5.74, 6) is -0.468. The third-order valence-corrected chi connectivity index (χ3v) is 4.38. The minimum absolute atomic E-state index is 0.00107. The summed E-state index contributed by atoms with van der Waals surface area (Å²) in [5, 5.41) is 2.81. The number of carbonyl (C=O) groups excluding carboxylic acids is 2. The van der Waals surface area contributed by atoms with Gasteiger partial charge in [-0.15, -0.1) is 0 Å². The average molecular weight is 304 g/mol. The van der Waals surface area contributed by atoms with Crippen LogP contribution in [0.4, 0.5) is 0 Å². The molecule has 0 aromatic carbocycles. The number of hydrogen-bond donors (Lipinski definition) is 2. The molecule has 1 aromatic heterocycles. The molecule has 22 heavy (non-hydrogen) atoms. The van der Waals surface area contributed by atoms with E-state index in [1.807, 2.05) is 6.92 Å². The second-order valence-electron chi connectivity index (χ2n) is 5.99. The van der Waals surface area contributed by atoms with Crippen LogP contribution in [0.3, 0.4) is 0 Å². The fourth-order valence-electron chi connectivity index (χ4n) is 3.12. The summed E-state index contributed by atoms with van der Waals surface area (Å²) in [4.78, 5) is 39.0. The van der Waals surface area contributed by atoms with Gasteiger partial charge in [-0.2, -0.15) is 0 Å². The van der Waals surface area contributed by atoms with Gasteiger partial charge in [0, 0.05) is 24.3 Å². The quantitative estimate of drug-likeness (QED) is 0.878. The second-order valence-corrected chi connectivity index (χ2v) is 5.99. The number of hydrogen-bond acceptors (Lipinski definition) is 4. The van der Waals surface area contributed by atoms with Crippen LogP contribution in [-0.4, -0.2) is 35.4 Å². The third kappa shape index (κ3) is 2.83. The maximum Gasteiger partial charge on any atom is 0.261 e. The Morgan fingerprint density at radius 3 is 2.91 bits per heavy atom. The van der Waals surface area contributed by atoms with E-state index in [1.54, 1.807) is 0 Å². The number of fused-ring (bicyclic) bond motifs is 1. The van der Waals surface area contributed by atoms with Crippen LogP contribution in [0.15, 0.2) is 10.9 Å². The van der Waals surface area contributed by atoms with Crippen molar-refractivity contribution in [2.75, 3.05) is 6.61 Å². The standard InChI is InChI=1S/C16H20N2O4/c1-9(14-6-3-7-22-14)17-15(20)11-8-10-12(18-16(11)21)4-2-5-13(10)19/h8-9,14H,2-7H2,1H3,(H,17,20)(H,18,21)/t9-,14+/m0/s1. The first-order valence-corrected chi connectivity index (χ1v) is 7.78. The Balaban J connectivity index is 1.81. The lowest BCUT2D eigenvalue weighted by Gasteiger charge is -2.20. The monoisotopic (exact) mass is 304 g/mol. The van der Waals surface area contributed by atoms with Crippen molar-refractivity contribution in [1.82, 2.24) is 10.3 Å². The number of carbonyl (C=O) groups is 2. The predicted octanol–water partition coefficient (Wildman–Crippen LogP) is 1.19. The van der Waals surface area contributed by atoms with Gasteiger partial charge in [0.1, 0.15) is 5.56 Å². The largest absolute Gasteiger partial charge is 0.376 e. The van der Waals surface area contributed by atoms with E-state index in [2.05, 4.69) is 10.3 Å². The van der Waals surface area contributed by atoms with Crippen molar-refractivity contribution in [2.24, 2.45) is 0 Å². The van der Waals surface area contributed by atoms with Gasteiger partial charge in [-0.25, -0.2) is 0 Å². The zero-order chi connectivity index (χ0) is 15.7. The summed E-state index contributed by atoms with van der Waals surface area (Å²) in [6, 6.07) is 1.27. The number of ether oxygens (including phenoxy) is 1. The number of H-pyrrole nitrogens is 1. The second kappa shape index (κ2) is 6.04. The van der Waals surface area contributed by atoms with Gasteiger partial charge in [0.2, 0.25) is 0 Å². The first-order valence-electron chi connectivity index (χ1n) is 7.78. The number of amides is 1. The highest BCUT2D eigenvalue weighted by Gasteiger charge is 2.26. The third-order valence-electron chi connectivity index (χ3n) is 4.38. The summed E-state index contributed by atoms with van der Waals surface area (Å²) in [6.07, 6.45) is 3.75. The number of aromatic nitrogens is 1. The smallest absolute Gasteiger partial charge is 0.261 e. The van der Waals surface area contributed by atoms with Gasteiger partial charge in [0.25, 0.3) is 11.5 Å². The highest BCUT2D eigenvalue weighted by molar-refractivity contribution is 6.01. The topological polar surface area (TPSA) is 88.3 Å². The normalized spacial score (nSPS) is 22.2. The summed E-state index contributed by atoms with van der Waals surface area (Å²) >= 11 is 0. The molecule has 1 aliphatic heterocycles. The van der Waals surface area contributed by atoms with Gasteiger partial charge in [0.15, 0.2) is 5.78 Å². The maximum atomic E-state index is 12.3. The molecular weight excluding hydrogens is 284 g/mol. The van der Waals surface area contributed by atoms with Crippen molar-refractivity contribution in [3.05, 3.63) is 33.2 Å². The van der Waals surface area contributed by atoms with Gasteiger partial charge in [-0.3, -0.25) is 14.4 Å². The van der Waals surface area contributed by atoms with Crippen LogP contribution in [0.2, 0.25) is 0 Å². The molecule has 3 rings (SSSR count). The number of aryl methyl sites for hydroxylation is 1. The summed E-state index contributed by atoms with van der Waals surface area (Å²) in [5.41, 5.74) is 0.676. The fraction of sp³-hybridized carbons (Fsp3) is 0.562. The molecule has 1 fully saturated rings. The van der Waals surface area contributed by atoms with Crippen LogP contribution in [0.25, 0.3) is 0 Å². The number of Topliss-reactive ketones (excluding diaryl/α,β-unsaturated/α-hetero) is 1. The molecule has 0 saturated carbocycles. The summed E-state index contributed by atoms with van der Waals surface area (Å²) < 4.78 is 5.53. The van der Waals surface area contributed by atoms with Crippen molar-refractivity contribution in [1.29, 1.82) is 0 Å². The summed E-state index contributed by atoms with van der Waals surface area (Å²) in [6.45, 7) is 2.57. The summed E-state index contributed by atoms with van der Waals surface area (Å²) in [7, 11) is 0. The molecule has 1 aliphatic carbocycles.